The Morgan fingerprint density at radius 2 is 0.983 bits per heavy atom. The summed E-state index contributed by atoms with van der Waals surface area (Å²) in [7, 11) is 0. The van der Waals surface area contributed by atoms with E-state index in [0.29, 0.717) is 0 Å². The van der Waals surface area contributed by atoms with Crippen LogP contribution in [0.4, 0.5) is 17.1 Å². The van der Waals surface area contributed by atoms with E-state index in [1.54, 1.807) is 0 Å². The Kier molecular flexibility index (Phi) is 7.45. The zero-order valence-electron chi connectivity index (χ0n) is 32.1. The minimum absolute atomic E-state index is 0.495. The van der Waals surface area contributed by atoms with Crippen molar-refractivity contribution in [2.75, 3.05) is 4.90 Å². The van der Waals surface area contributed by atoms with Gasteiger partial charge in [0.25, 0.3) is 0 Å². The normalized spacial score (nSPS) is 12.9. The van der Waals surface area contributed by atoms with Crippen molar-refractivity contribution in [2.24, 2.45) is 0 Å². The molecule has 0 saturated carbocycles. The van der Waals surface area contributed by atoms with E-state index in [1.165, 1.54) is 33.4 Å². The maximum absolute atomic E-state index is 6.60. The second kappa shape index (κ2) is 13.2. The molecule has 11 aromatic rings. The van der Waals surface area contributed by atoms with Crippen LogP contribution in [0.3, 0.4) is 0 Å². The SMILES string of the molecule is c1ccc(N(c2ccc(-c3nc4ccccc4c4c3ccc3c5ccccc5oc34)cc2)c2ccc3c(c2)C(c2ccccc2)(c2ccccc2)c2ccccc2-3)cc1. The van der Waals surface area contributed by atoms with Crippen LogP contribution in [0.25, 0.3) is 66.0 Å². The second-order valence-corrected chi connectivity index (χ2v) is 15.4. The number of furan rings is 1. The fourth-order valence-electron chi connectivity index (χ4n) is 9.80. The summed E-state index contributed by atoms with van der Waals surface area (Å²) >= 11 is 0. The van der Waals surface area contributed by atoms with Crippen molar-refractivity contribution < 1.29 is 4.42 Å². The molecule has 1 aliphatic carbocycles. The van der Waals surface area contributed by atoms with Gasteiger partial charge in [-0.05, 0) is 88.0 Å². The molecular weight excluding hydrogens is 717 g/mol. The van der Waals surface area contributed by atoms with Crippen LogP contribution in [0.15, 0.2) is 223 Å². The van der Waals surface area contributed by atoms with Gasteiger partial charge < -0.3 is 9.32 Å². The summed E-state index contributed by atoms with van der Waals surface area (Å²) in [6, 6.07) is 78.6. The highest BCUT2D eigenvalue weighted by Crippen LogP contribution is 2.57. The van der Waals surface area contributed by atoms with Crippen LogP contribution in [0.2, 0.25) is 0 Å². The Morgan fingerprint density at radius 1 is 0.407 bits per heavy atom. The Hall–Kier alpha value is -7.75. The molecule has 276 valence electrons. The molecule has 0 aliphatic heterocycles. The van der Waals surface area contributed by atoms with Crippen molar-refractivity contribution >= 4 is 60.7 Å². The number of para-hydroxylation sites is 3. The molecule has 12 rings (SSSR count). The molecule has 0 atom stereocenters. The zero-order valence-corrected chi connectivity index (χ0v) is 32.1. The fraction of sp³-hybridized carbons (Fsp3) is 0.0179. The lowest BCUT2D eigenvalue weighted by Gasteiger charge is -2.35. The van der Waals surface area contributed by atoms with Crippen molar-refractivity contribution in [3.63, 3.8) is 0 Å². The van der Waals surface area contributed by atoms with E-state index in [1.807, 2.05) is 12.1 Å². The molecule has 0 radical (unpaired) electrons. The van der Waals surface area contributed by atoms with Gasteiger partial charge in [-0.15, -0.1) is 0 Å². The third kappa shape index (κ3) is 4.98. The summed E-state index contributed by atoms with van der Waals surface area (Å²) in [6.07, 6.45) is 0. The summed E-state index contributed by atoms with van der Waals surface area (Å²) < 4.78 is 6.60. The number of rotatable bonds is 6. The van der Waals surface area contributed by atoms with Crippen LogP contribution in [0.5, 0.6) is 0 Å². The monoisotopic (exact) mass is 752 g/mol. The van der Waals surface area contributed by atoms with Crippen LogP contribution < -0.4 is 4.90 Å². The highest BCUT2D eigenvalue weighted by Gasteiger charge is 2.46. The molecule has 0 unspecified atom stereocenters. The van der Waals surface area contributed by atoms with Gasteiger partial charge in [-0.1, -0.05) is 164 Å². The number of hydrogen-bond donors (Lipinski definition) is 0. The van der Waals surface area contributed by atoms with E-state index in [9.17, 15) is 0 Å². The first-order chi connectivity index (χ1) is 29.3. The molecule has 0 N–H and O–H groups in total. The number of pyridine rings is 1. The summed E-state index contributed by atoms with van der Waals surface area (Å²) in [5.74, 6) is 0. The Balaban J connectivity index is 1.04. The minimum atomic E-state index is -0.495. The van der Waals surface area contributed by atoms with Crippen LogP contribution in [-0.4, -0.2) is 4.98 Å². The van der Waals surface area contributed by atoms with Crippen molar-refractivity contribution in [1.82, 2.24) is 4.98 Å². The molecule has 0 saturated heterocycles. The number of fused-ring (bicyclic) bond motifs is 10. The van der Waals surface area contributed by atoms with Gasteiger partial charge in [0.15, 0.2) is 0 Å². The topological polar surface area (TPSA) is 29.3 Å². The second-order valence-electron chi connectivity index (χ2n) is 15.4. The predicted molar refractivity (Wildman–Crippen MR) is 244 cm³/mol. The van der Waals surface area contributed by atoms with Gasteiger partial charge in [0.2, 0.25) is 0 Å². The van der Waals surface area contributed by atoms with Gasteiger partial charge >= 0.3 is 0 Å². The van der Waals surface area contributed by atoms with Gasteiger partial charge in [0, 0.05) is 49.6 Å². The number of nitrogens with zero attached hydrogens (tertiary/aromatic N) is 2. The maximum atomic E-state index is 6.60. The molecule has 0 bridgehead atoms. The highest BCUT2D eigenvalue weighted by atomic mass is 16.3. The lowest BCUT2D eigenvalue weighted by molar-refractivity contribution is 0.673. The van der Waals surface area contributed by atoms with Crippen LogP contribution in [0, 0.1) is 0 Å². The van der Waals surface area contributed by atoms with E-state index in [-0.39, 0.29) is 0 Å². The predicted octanol–water partition coefficient (Wildman–Crippen LogP) is 14.8. The first-order valence-electron chi connectivity index (χ1n) is 20.2. The molecular formula is C56H36N2O. The molecule has 1 aliphatic rings. The van der Waals surface area contributed by atoms with E-state index < -0.39 is 5.41 Å². The van der Waals surface area contributed by atoms with Gasteiger partial charge in [-0.3, -0.25) is 0 Å². The van der Waals surface area contributed by atoms with Gasteiger partial charge in [0.1, 0.15) is 11.2 Å². The summed E-state index contributed by atoms with van der Waals surface area (Å²) in [5, 5.41) is 5.49. The number of aromatic nitrogens is 1. The third-order valence-corrected chi connectivity index (χ3v) is 12.3. The standard InChI is InChI=1S/C56H36N2O/c1-4-16-38(17-5-1)56(39-18-6-2-7-19-39)49-25-13-10-22-43(49)44-33-32-42(36-50(44)56)58(40-20-8-3-9-21-40)41-30-28-37(29-31-41)54-48-35-34-46-45-23-12-15-27-52(45)59-55(46)53(48)47-24-11-14-26-51(47)57-54/h1-36H. The van der Waals surface area contributed by atoms with E-state index >= 15 is 0 Å². The zero-order chi connectivity index (χ0) is 38.9. The largest absolute Gasteiger partial charge is 0.455 e. The first kappa shape index (κ1) is 33.4. The smallest absolute Gasteiger partial charge is 0.144 e. The Labute approximate surface area is 342 Å². The molecule has 3 nitrogen and oxygen atoms in total. The molecule has 0 spiro atoms. The third-order valence-electron chi connectivity index (χ3n) is 12.3. The van der Waals surface area contributed by atoms with Crippen LogP contribution in [0.1, 0.15) is 22.3 Å². The lowest BCUT2D eigenvalue weighted by Crippen LogP contribution is -2.28. The van der Waals surface area contributed by atoms with Crippen molar-refractivity contribution in [3.05, 3.63) is 241 Å². The fourth-order valence-corrected chi connectivity index (χ4v) is 9.80. The maximum Gasteiger partial charge on any atom is 0.144 e. The summed E-state index contributed by atoms with van der Waals surface area (Å²) in [6.45, 7) is 0. The van der Waals surface area contributed by atoms with Crippen molar-refractivity contribution in [1.29, 1.82) is 0 Å². The quantitative estimate of drug-likeness (QED) is 0.158. The van der Waals surface area contributed by atoms with Gasteiger partial charge in [-0.2, -0.15) is 0 Å². The molecule has 2 aromatic heterocycles. The summed E-state index contributed by atoms with van der Waals surface area (Å²) in [5.41, 5.74) is 15.1. The van der Waals surface area contributed by atoms with Crippen LogP contribution in [-0.2, 0) is 5.41 Å². The number of anilines is 3. The number of hydrogen-bond acceptors (Lipinski definition) is 3. The lowest BCUT2D eigenvalue weighted by atomic mass is 9.67. The van der Waals surface area contributed by atoms with Crippen LogP contribution >= 0.6 is 0 Å². The van der Waals surface area contributed by atoms with Crippen molar-refractivity contribution in [3.8, 4) is 22.4 Å². The average molecular weight is 753 g/mol. The van der Waals surface area contributed by atoms with Gasteiger partial charge in [0.05, 0.1) is 16.6 Å². The molecule has 9 aromatic carbocycles. The molecule has 3 heteroatoms. The molecule has 59 heavy (non-hydrogen) atoms. The average Bonchev–Trinajstić information content (AvgIpc) is 3.84. The molecule has 2 heterocycles. The number of benzene rings is 9. The highest BCUT2D eigenvalue weighted by molar-refractivity contribution is 6.24. The van der Waals surface area contributed by atoms with Crippen molar-refractivity contribution in [2.45, 2.75) is 5.41 Å². The van der Waals surface area contributed by atoms with Gasteiger partial charge in [-0.25, -0.2) is 4.98 Å². The Morgan fingerprint density at radius 3 is 1.75 bits per heavy atom. The van der Waals surface area contributed by atoms with E-state index in [0.717, 1.165) is 71.9 Å². The molecule has 0 fully saturated rings. The molecule has 0 amide bonds. The van der Waals surface area contributed by atoms with E-state index in [4.69, 9.17) is 9.40 Å². The first-order valence-corrected chi connectivity index (χ1v) is 20.2. The minimum Gasteiger partial charge on any atom is -0.455 e. The summed E-state index contributed by atoms with van der Waals surface area (Å²) in [4.78, 5) is 7.68. The van der Waals surface area contributed by atoms with E-state index in [2.05, 4.69) is 211 Å². The Bertz CT molecular complexity index is 3330.